The molecule has 5 nitrogen and oxygen atoms in total. The van der Waals surface area contributed by atoms with E-state index in [1.165, 1.54) is 24.3 Å². The van der Waals surface area contributed by atoms with Crippen LogP contribution in [0.15, 0.2) is 42.5 Å². The van der Waals surface area contributed by atoms with E-state index in [1.54, 1.807) is 6.07 Å². The highest BCUT2D eigenvalue weighted by Crippen LogP contribution is 2.17. The Morgan fingerprint density at radius 2 is 2.05 bits per heavy atom. The van der Waals surface area contributed by atoms with Crippen LogP contribution in [-0.2, 0) is 4.79 Å². The minimum absolute atomic E-state index is 0.147. The highest BCUT2D eigenvalue weighted by molar-refractivity contribution is 5.94. The normalized spacial score (nSPS) is 10.6. The van der Waals surface area contributed by atoms with Gasteiger partial charge in [-0.3, -0.25) is 4.79 Å². The number of amides is 1. The van der Waals surface area contributed by atoms with Crippen LogP contribution in [0.1, 0.15) is 5.82 Å². The number of imidazole rings is 1. The Morgan fingerprint density at radius 3 is 2.82 bits per heavy atom. The number of aromatic amines is 1. The molecule has 0 saturated heterocycles. The summed E-state index contributed by atoms with van der Waals surface area (Å²) >= 11 is 0. The molecule has 0 bridgehead atoms. The van der Waals surface area contributed by atoms with Gasteiger partial charge < -0.3 is 15.0 Å². The summed E-state index contributed by atoms with van der Waals surface area (Å²) in [5.41, 5.74) is 2.36. The van der Waals surface area contributed by atoms with Crippen LogP contribution < -0.4 is 10.1 Å². The molecule has 3 aromatic rings. The van der Waals surface area contributed by atoms with Gasteiger partial charge in [0.05, 0.1) is 11.0 Å². The lowest BCUT2D eigenvalue weighted by atomic mass is 10.3. The molecule has 0 aliphatic heterocycles. The van der Waals surface area contributed by atoms with E-state index in [-0.39, 0.29) is 18.3 Å². The Bertz CT molecular complexity index is 812. The van der Waals surface area contributed by atoms with Gasteiger partial charge in [-0.2, -0.15) is 0 Å². The molecule has 0 aliphatic rings. The summed E-state index contributed by atoms with van der Waals surface area (Å²) in [6.45, 7) is 1.72. The van der Waals surface area contributed by atoms with Crippen molar-refractivity contribution in [3.05, 3.63) is 54.1 Å². The van der Waals surface area contributed by atoms with Crippen molar-refractivity contribution in [1.82, 2.24) is 9.97 Å². The van der Waals surface area contributed by atoms with Crippen molar-refractivity contribution in [1.29, 1.82) is 0 Å². The zero-order valence-electron chi connectivity index (χ0n) is 11.9. The van der Waals surface area contributed by atoms with E-state index in [2.05, 4.69) is 15.3 Å². The number of carbonyl (C=O) groups is 1. The van der Waals surface area contributed by atoms with Crippen LogP contribution in [0.5, 0.6) is 5.75 Å². The standard InChI is InChI=1S/C16H14FN3O2/c1-10-18-14-7-4-12(8-15(14)19-10)20-16(21)9-22-13-5-2-11(17)3-6-13/h2-8H,9H2,1H3,(H,18,19)(H,20,21). The minimum Gasteiger partial charge on any atom is -0.484 e. The molecule has 1 aromatic heterocycles. The largest absolute Gasteiger partial charge is 0.484 e. The van der Waals surface area contributed by atoms with E-state index >= 15 is 0 Å². The van der Waals surface area contributed by atoms with Crippen LogP contribution in [0.4, 0.5) is 10.1 Å². The number of aromatic nitrogens is 2. The fourth-order valence-electron chi connectivity index (χ4n) is 2.09. The number of anilines is 1. The smallest absolute Gasteiger partial charge is 0.262 e. The molecule has 0 spiro atoms. The number of carbonyl (C=O) groups excluding carboxylic acids is 1. The molecule has 2 N–H and O–H groups in total. The van der Waals surface area contributed by atoms with Crippen LogP contribution in [0, 0.1) is 12.7 Å². The van der Waals surface area contributed by atoms with Crippen molar-refractivity contribution in [3.63, 3.8) is 0 Å². The number of ether oxygens (including phenoxy) is 1. The van der Waals surface area contributed by atoms with Crippen LogP contribution in [0.25, 0.3) is 11.0 Å². The summed E-state index contributed by atoms with van der Waals surface area (Å²) in [4.78, 5) is 19.3. The first-order chi connectivity index (χ1) is 10.6. The number of benzene rings is 2. The van der Waals surface area contributed by atoms with E-state index in [4.69, 9.17) is 4.74 Å². The van der Waals surface area contributed by atoms with Gasteiger partial charge in [0.1, 0.15) is 17.4 Å². The lowest BCUT2D eigenvalue weighted by Crippen LogP contribution is -2.20. The number of rotatable bonds is 4. The van der Waals surface area contributed by atoms with Gasteiger partial charge >= 0.3 is 0 Å². The highest BCUT2D eigenvalue weighted by Gasteiger charge is 2.06. The van der Waals surface area contributed by atoms with Crippen LogP contribution in [0.2, 0.25) is 0 Å². The fraction of sp³-hybridized carbons (Fsp3) is 0.125. The summed E-state index contributed by atoms with van der Waals surface area (Å²) < 4.78 is 18.0. The van der Waals surface area contributed by atoms with Crippen molar-refractivity contribution >= 4 is 22.6 Å². The predicted molar refractivity (Wildman–Crippen MR) is 81.4 cm³/mol. The van der Waals surface area contributed by atoms with Crippen molar-refractivity contribution in [2.24, 2.45) is 0 Å². The second kappa shape index (κ2) is 5.85. The molecule has 0 fully saturated rings. The molecule has 1 heterocycles. The maximum absolute atomic E-state index is 12.8. The number of hydrogen-bond acceptors (Lipinski definition) is 3. The van der Waals surface area contributed by atoms with Gasteiger partial charge in [0.15, 0.2) is 6.61 Å². The first-order valence-corrected chi connectivity index (χ1v) is 6.75. The molecule has 0 atom stereocenters. The summed E-state index contributed by atoms with van der Waals surface area (Å²) in [6.07, 6.45) is 0. The summed E-state index contributed by atoms with van der Waals surface area (Å²) in [7, 11) is 0. The zero-order valence-corrected chi connectivity index (χ0v) is 11.9. The molecular weight excluding hydrogens is 285 g/mol. The third kappa shape index (κ3) is 3.22. The molecule has 112 valence electrons. The molecule has 2 aromatic carbocycles. The maximum Gasteiger partial charge on any atom is 0.262 e. The molecule has 6 heteroatoms. The summed E-state index contributed by atoms with van der Waals surface area (Å²) in [5, 5.41) is 2.74. The van der Waals surface area contributed by atoms with Gasteiger partial charge in [-0.1, -0.05) is 0 Å². The topological polar surface area (TPSA) is 67.0 Å². The first kappa shape index (κ1) is 14.1. The molecule has 0 aliphatic carbocycles. The SMILES string of the molecule is Cc1nc2ccc(NC(=O)COc3ccc(F)cc3)cc2[nH]1. The van der Waals surface area contributed by atoms with E-state index in [0.717, 1.165) is 16.9 Å². The average molecular weight is 299 g/mol. The number of nitrogens with zero attached hydrogens (tertiary/aromatic N) is 1. The van der Waals surface area contributed by atoms with E-state index < -0.39 is 0 Å². The van der Waals surface area contributed by atoms with Crippen molar-refractivity contribution in [2.45, 2.75) is 6.92 Å². The third-order valence-corrected chi connectivity index (χ3v) is 3.07. The van der Waals surface area contributed by atoms with Crippen LogP contribution in [0.3, 0.4) is 0 Å². The number of nitrogens with one attached hydrogen (secondary N) is 2. The molecular formula is C16H14FN3O2. The van der Waals surface area contributed by atoms with Gasteiger partial charge in [-0.25, -0.2) is 9.37 Å². The quantitative estimate of drug-likeness (QED) is 0.778. The highest BCUT2D eigenvalue weighted by atomic mass is 19.1. The van der Waals surface area contributed by atoms with Crippen molar-refractivity contribution < 1.29 is 13.9 Å². The van der Waals surface area contributed by atoms with Gasteiger partial charge in [0, 0.05) is 5.69 Å². The number of halogens is 1. The fourth-order valence-corrected chi connectivity index (χ4v) is 2.09. The molecule has 0 radical (unpaired) electrons. The Balaban J connectivity index is 1.61. The number of aryl methyl sites for hydroxylation is 1. The van der Waals surface area contributed by atoms with E-state index in [0.29, 0.717) is 11.4 Å². The van der Waals surface area contributed by atoms with Gasteiger partial charge in [0.25, 0.3) is 5.91 Å². The second-order valence-electron chi connectivity index (χ2n) is 4.84. The van der Waals surface area contributed by atoms with E-state index in [9.17, 15) is 9.18 Å². The number of H-pyrrole nitrogens is 1. The molecule has 0 saturated carbocycles. The lowest BCUT2D eigenvalue weighted by molar-refractivity contribution is -0.118. The molecule has 1 amide bonds. The molecule has 22 heavy (non-hydrogen) atoms. The van der Waals surface area contributed by atoms with E-state index in [1.807, 2.05) is 19.1 Å². The minimum atomic E-state index is -0.347. The maximum atomic E-state index is 12.8. The Kier molecular flexibility index (Phi) is 3.74. The molecule has 3 rings (SSSR count). The zero-order chi connectivity index (χ0) is 15.5. The van der Waals surface area contributed by atoms with Crippen molar-refractivity contribution in [3.8, 4) is 5.75 Å². The van der Waals surface area contributed by atoms with Gasteiger partial charge in [-0.15, -0.1) is 0 Å². The molecule has 0 unspecified atom stereocenters. The Labute approximate surface area is 126 Å². The average Bonchev–Trinajstić information content (AvgIpc) is 2.86. The summed E-state index contributed by atoms with van der Waals surface area (Å²) in [6, 6.07) is 10.9. The third-order valence-electron chi connectivity index (χ3n) is 3.07. The lowest BCUT2D eigenvalue weighted by Gasteiger charge is -2.07. The van der Waals surface area contributed by atoms with Crippen molar-refractivity contribution in [2.75, 3.05) is 11.9 Å². The van der Waals surface area contributed by atoms with Crippen LogP contribution >= 0.6 is 0 Å². The van der Waals surface area contributed by atoms with Gasteiger partial charge in [0.2, 0.25) is 0 Å². The number of hydrogen-bond donors (Lipinski definition) is 2. The predicted octanol–water partition coefficient (Wildman–Crippen LogP) is 3.03. The summed E-state index contributed by atoms with van der Waals surface area (Å²) in [5.74, 6) is 0.620. The van der Waals surface area contributed by atoms with Gasteiger partial charge in [-0.05, 0) is 49.4 Å². The Morgan fingerprint density at radius 1 is 1.27 bits per heavy atom. The van der Waals surface area contributed by atoms with Crippen LogP contribution in [-0.4, -0.2) is 22.5 Å². The number of fused-ring (bicyclic) bond motifs is 1. The monoisotopic (exact) mass is 299 g/mol. The second-order valence-corrected chi connectivity index (χ2v) is 4.84. The Hall–Kier alpha value is -2.89. The first-order valence-electron chi connectivity index (χ1n) is 6.75.